The highest BCUT2D eigenvalue weighted by molar-refractivity contribution is 5.39. The second kappa shape index (κ2) is 5.65. The van der Waals surface area contributed by atoms with E-state index in [-0.39, 0.29) is 6.04 Å². The summed E-state index contributed by atoms with van der Waals surface area (Å²) >= 11 is 0. The van der Waals surface area contributed by atoms with Gasteiger partial charge in [-0.15, -0.1) is 0 Å². The van der Waals surface area contributed by atoms with Gasteiger partial charge in [0.2, 0.25) is 5.88 Å². The lowest BCUT2D eigenvalue weighted by Crippen LogP contribution is -2.29. The van der Waals surface area contributed by atoms with E-state index in [4.69, 9.17) is 10.5 Å². The molecule has 0 aliphatic heterocycles. The summed E-state index contributed by atoms with van der Waals surface area (Å²) in [6, 6.07) is 2.05. The molecule has 0 aromatic carbocycles. The van der Waals surface area contributed by atoms with E-state index in [9.17, 15) is 0 Å². The van der Waals surface area contributed by atoms with Crippen LogP contribution in [0, 0.1) is 12.8 Å². The first-order valence-electron chi connectivity index (χ1n) is 5.43. The zero-order valence-corrected chi connectivity index (χ0v) is 10.3. The molecule has 0 spiro atoms. The summed E-state index contributed by atoms with van der Waals surface area (Å²) in [5, 5.41) is 3.30. The van der Waals surface area contributed by atoms with Gasteiger partial charge < -0.3 is 15.8 Å². The molecule has 90 valence electrons. The van der Waals surface area contributed by atoms with Crippen LogP contribution in [-0.2, 0) is 0 Å². The lowest BCUT2D eigenvalue weighted by Gasteiger charge is -2.20. The van der Waals surface area contributed by atoms with Gasteiger partial charge in [0, 0.05) is 12.1 Å². The van der Waals surface area contributed by atoms with Gasteiger partial charge in [-0.3, -0.25) is 0 Å². The van der Waals surface area contributed by atoms with Crippen molar-refractivity contribution in [2.45, 2.75) is 26.8 Å². The molecule has 5 heteroatoms. The van der Waals surface area contributed by atoms with Crippen molar-refractivity contribution in [3.05, 3.63) is 11.9 Å². The van der Waals surface area contributed by atoms with Gasteiger partial charge in [0.15, 0.2) is 0 Å². The van der Waals surface area contributed by atoms with Crippen molar-refractivity contribution in [2.24, 2.45) is 11.7 Å². The van der Waals surface area contributed by atoms with E-state index < -0.39 is 0 Å². The summed E-state index contributed by atoms with van der Waals surface area (Å²) in [5.41, 5.74) is 5.62. The van der Waals surface area contributed by atoms with Crippen LogP contribution in [0.5, 0.6) is 5.88 Å². The lowest BCUT2D eigenvalue weighted by atomic mass is 10.0. The van der Waals surface area contributed by atoms with Crippen LogP contribution in [-0.4, -0.2) is 29.7 Å². The first kappa shape index (κ1) is 12.7. The zero-order valence-electron chi connectivity index (χ0n) is 10.3. The maximum atomic E-state index is 5.62. The average Bonchev–Trinajstić information content (AvgIpc) is 2.26. The van der Waals surface area contributed by atoms with Crippen molar-refractivity contribution < 1.29 is 4.74 Å². The number of hydrogen-bond acceptors (Lipinski definition) is 5. The topological polar surface area (TPSA) is 73.1 Å². The van der Waals surface area contributed by atoms with Crippen LogP contribution in [0.15, 0.2) is 6.07 Å². The molecule has 1 heterocycles. The van der Waals surface area contributed by atoms with Crippen molar-refractivity contribution in [1.29, 1.82) is 0 Å². The smallest absolute Gasteiger partial charge is 0.218 e. The molecular formula is C11H20N4O. The van der Waals surface area contributed by atoms with E-state index in [1.807, 2.05) is 6.92 Å². The summed E-state index contributed by atoms with van der Waals surface area (Å²) in [6.45, 7) is 6.67. The van der Waals surface area contributed by atoms with Gasteiger partial charge in [0.05, 0.1) is 7.11 Å². The van der Waals surface area contributed by atoms with E-state index >= 15 is 0 Å². The Morgan fingerprint density at radius 1 is 1.44 bits per heavy atom. The second-order valence-electron chi connectivity index (χ2n) is 3.99. The van der Waals surface area contributed by atoms with Gasteiger partial charge in [-0.05, 0) is 26.3 Å². The molecule has 16 heavy (non-hydrogen) atoms. The Morgan fingerprint density at radius 3 is 2.69 bits per heavy atom. The molecule has 2 unspecified atom stereocenters. The number of anilines is 1. The fraction of sp³-hybridized carbons (Fsp3) is 0.636. The van der Waals surface area contributed by atoms with Crippen LogP contribution in [0.2, 0.25) is 0 Å². The summed E-state index contributed by atoms with van der Waals surface area (Å²) < 4.78 is 5.09. The molecule has 0 aliphatic rings. The fourth-order valence-electron chi connectivity index (χ4n) is 1.30. The molecule has 3 N–H and O–H groups in total. The number of methoxy groups -OCH3 is 1. The number of nitrogens with zero attached hydrogens (tertiary/aromatic N) is 2. The van der Waals surface area contributed by atoms with Crippen molar-refractivity contribution in [3.8, 4) is 5.88 Å². The van der Waals surface area contributed by atoms with Crippen molar-refractivity contribution in [1.82, 2.24) is 9.97 Å². The van der Waals surface area contributed by atoms with Crippen LogP contribution >= 0.6 is 0 Å². The second-order valence-corrected chi connectivity index (χ2v) is 3.99. The summed E-state index contributed by atoms with van der Waals surface area (Å²) in [7, 11) is 1.59. The van der Waals surface area contributed by atoms with Gasteiger partial charge in [0.1, 0.15) is 11.6 Å². The van der Waals surface area contributed by atoms with Gasteiger partial charge in [-0.25, -0.2) is 4.98 Å². The Labute approximate surface area is 96.4 Å². The number of aromatic nitrogens is 2. The van der Waals surface area contributed by atoms with E-state index in [1.165, 1.54) is 0 Å². The van der Waals surface area contributed by atoms with Gasteiger partial charge in [-0.2, -0.15) is 4.98 Å². The molecule has 5 nitrogen and oxygen atoms in total. The van der Waals surface area contributed by atoms with Gasteiger partial charge in [0.25, 0.3) is 0 Å². The Kier molecular flexibility index (Phi) is 4.49. The van der Waals surface area contributed by atoms with Crippen LogP contribution in [0.4, 0.5) is 5.82 Å². The third-order valence-electron chi connectivity index (χ3n) is 2.62. The maximum Gasteiger partial charge on any atom is 0.218 e. The minimum absolute atomic E-state index is 0.268. The predicted molar refractivity (Wildman–Crippen MR) is 64.6 cm³/mol. The Bertz CT molecular complexity index is 343. The maximum absolute atomic E-state index is 5.62. The molecule has 0 amide bonds. The lowest BCUT2D eigenvalue weighted by molar-refractivity contribution is 0.395. The Balaban J connectivity index is 2.76. The highest BCUT2D eigenvalue weighted by Gasteiger charge is 2.11. The predicted octanol–water partition coefficient (Wildman–Crippen LogP) is 1.19. The van der Waals surface area contributed by atoms with Crippen molar-refractivity contribution in [2.75, 3.05) is 19.0 Å². The average molecular weight is 224 g/mol. The molecule has 0 aliphatic carbocycles. The van der Waals surface area contributed by atoms with E-state index in [0.717, 1.165) is 5.82 Å². The molecule has 0 bridgehead atoms. The number of nitrogens with two attached hydrogens (primary N) is 1. The molecule has 1 aromatic heterocycles. The molecule has 0 radical (unpaired) electrons. The molecule has 0 saturated carbocycles. The third kappa shape index (κ3) is 3.34. The zero-order chi connectivity index (χ0) is 12.1. The molecule has 1 rings (SSSR count). The number of rotatable bonds is 5. The Hall–Kier alpha value is -1.36. The fourth-order valence-corrected chi connectivity index (χ4v) is 1.30. The van der Waals surface area contributed by atoms with Crippen LogP contribution in [0.3, 0.4) is 0 Å². The van der Waals surface area contributed by atoms with Crippen molar-refractivity contribution in [3.63, 3.8) is 0 Å². The monoisotopic (exact) mass is 224 g/mol. The molecular weight excluding hydrogens is 204 g/mol. The normalized spacial score (nSPS) is 14.3. The number of aryl methyl sites for hydroxylation is 1. The number of hydrogen-bond donors (Lipinski definition) is 2. The Morgan fingerprint density at radius 2 is 2.12 bits per heavy atom. The number of ether oxygens (including phenoxy) is 1. The largest absolute Gasteiger partial charge is 0.481 e. The summed E-state index contributed by atoms with van der Waals surface area (Å²) in [6.07, 6.45) is 0. The SMILES string of the molecule is COc1cc(NC(C)C(C)CN)nc(C)n1. The van der Waals surface area contributed by atoms with Crippen LogP contribution in [0.1, 0.15) is 19.7 Å². The third-order valence-corrected chi connectivity index (χ3v) is 2.62. The van der Waals surface area contributed by atoms with Crippen molar-refractivity contribution >= 4 is 5.82 Å². The number of nitrogens with one attached hydrogen (secondary N) is 1. The van der Waals surface area contributed by atoms with E-state index in [0.29, 0.717) is 24.2 Å². The first-order chi connectivity index (χ1) is 7.56. The molecule has 2 atom stereocenters. The highest BCUT2D eigenvalue weighted by atomic mass is 16.5. The molecule has 0 fully saturated rings. The summed E-state index contributed by atoms with van der Waals surface area (Å²) in [5.74, 6) is 2.43. The minimum Gasteiger partial charge on any atom is -0.481 e. The molecule has 0 saturated heterocycles. The quantitative estimate of drug-likeness (QED) is 0.786. The van der Waals surface area contributed by atoms with Gasteiger partial charge in [-0.1, -0.05) is 6.92 Å². The summed E-state index contributed by atoms with van der Waals surface area (Å²) in [4.78, 5) is 8.42. The van der Waals surface area contributed by atoms with E-state index in [2.05, 4.69) is 29.1 Å². The highest BCUT2D eigenvalue weighted by Crippen LogP contribution is 2.15. The minimum atomic E-state index is 0.268. The van der Waals surface area contributed by atoms with Crippen LogP contribution < -0.4 is 15.8 Å². The van der Waals surface area contributed by atoms with Gasteiger partial charge >= 0.3 is 0 Å². The first-order valence-corrected chi connectivity index (χ1v) is 5.43. The standard InChI is InChI=1S/C11H20N4O/c1-7(6-12)8(2)13-10-5-11(16-4)15-9(3)14-10/h5,7-8H,6,12H2,1-4H3,(H,13,14,15). The van der Waals surface area contributed by atoms with E-state index in [1.54, 1.807) is 13.2 Å². The van der Waals surface area contributed by atoms with Crippen LogP contribution in [0.25, 0.3) is 0 Å². The molecule has 1 aromatic rings.